The second-order valence-corrected chi connectivity index (χ2v) is 4.48. The summed E-state index contributed by atoms with van der Waals surface area (Å²) in [6, 6.07) is 6.50. The van der Waals surface area contributed by atoms with Crippen molar-refractivity contribution in [2.45, 2.75) is 6.92 Å². The minimum Gasteiger partial charge on any atom is -0.207 e. The van der Waals surface area contributed by atoms with E-state index in [1.807, 2.05) is 0 Å². The lowest BCUT2D eigenvalue weighted by atomic mass is 10.1. The van der Waals surface area contributed by atoms with Crippen molar-refractivity contribution in [2.24, 2.45) is 0 Å². The standard InChI is InChI=1S/C13H9ClFN5/c1-8-3-4-9(7-10(8)15)11-17-12(14)19-13(18-11)20-6-2-5-16-20/h2-7H,1H3. The molecule has 3 rings (SSSR count). The van der Waals surface area contributed by atoms with Crippen LogP contribution in [0.15, 0.2) is 36.7 Å². The lowest BCUT2D eigenvalue weighted by Crippen LogP contribution is -2.05. The molecule has 0 saturated heterocycles. The normalized spacial score (nSPS) is 10.8. The molecule has 2 heterocycles. The third-order valence-electron chi connectivity index (χ3n) is 2.74. The second-order valence-electron chi connectivity index (χ2n) is 4.14. The van der Waals surface area contributed by atoms with Crippen LogP contribution in [0.3, 0.4) is 0 Å². The van der Waals surface area contributed by atoms with Crippen molar-refractivity contribution in [2.75, 3.05) is 0 Å². The number of benzene rings is 1. The number of aryl methyl sites for hydroxylation is 1. The monoisotopic (exact) mass is 289 g/mol. The fraction of sp³-hybridized carbons (Fsp3) is 0.0769. The maximum atomic E-state index is 13.6. The first kappa shape index (κ1) is 12.7. The highest BCUT2D eigenvalue weighted by molar-refractivity contribution is 6.28. The van der Waals surface area contributed by atoms with Gasteiger partial charge in [0.15, 0.2) is 5.82 Å². The molecule has 0 aliphatic heterocycles. The molecule has 0 amide bonds. The molecular formula is C13H9ClFN5. The van der Waals surface area contributed by atoms with Gasteiger partial charge in [-0.3, -0.25) is 0 Å². The number of aromatic nitrogens is 5. The minimum absolute atomic E-state index is 0.0292. The summed E-state index contributed by atoms with van der Waals surface area (Å²) < 4.78 is 15.1. The molecule has 0 aliphatic carbocycles. The molecule has 2 aromatic heterocycles. The maximum Gasteiger partial charge on any atom is 0.255 e. The van der Waals surface area contributed by atoms with Crippen molar-refractivity contribution in [1.82, 2.24) is 24.7 Å². The van der Waals surface area contributed by atoms with Crippen molar-refractivity contribution in [1.29, 1.82) is 0 Å². The molecule has 7 heteroatoms. The van der Waals surface area contributed by atoms with Crippen LogP contribution in [0.1, 0.15) is 5.56 Å². The van der Waals surface area contributed by atoms with Crippen molar-refractivity contribution in [3.05, 3.63) is 53.3 Å². The molecule has 0 atom stereocenters. The summed E-state index contributed by atoms with van der Waals surface area (Å²) >= 11 is 5.89. The van der Waals surface area contributed by atoms with Crippen LogP contribution in [0.4, 0.5) is 4.39 Å². The van der Waals surface area contributed by atoms with Gasteiger partial charge in [0.05, 0.1) is 0 Å². The van der Waals surface area contributed by atoms with Crippen molar-refractivity contribution < 1.29 is 4.39 Å². The summed E-state index contributed by atoms with van der Waals surface area (Å²) in [4.78, 5) is 12.3. The quantitative estimate of drug-likeness (QED) is 0.728. The summed E-state index contributed by atoms with van der Waals surface area (Å²) in [6.45, 7) is 1.69. The van der Waals surface area contributed by atoms with Crippen LogP contribution in [-0.2, 0) is 0 Å². The van der Waals surface area contributed by atoms with Crippen LogP contribution >= 0.6 is 11.6 Å². The van der Waals surface area contributed by atoms with E-state index in [1.165, 1.54) is 10.7 Å². The SMILES string of the molecule is Cc1ccc(-c2nc(Cl)nc(-n3cccn3)n2)cc1F. The lowest BCUT2D eigenvalue weighted by Gasteiger charge is -2.05. The first-order valence-electron chi connectivity index (χ1n) is 5.81. The second kappa shape index (κ2) is 4.97. The van der Waals surface area contributed by atoms with E-state index < -0.39 is 0 Å². The van der Waals surface area contributed by atoms with Crippen LogP contribution in [0.5, 0.6) is 0 Å². The molecule has 0 bridgehead atoms. The Balaban J connectivity index is 2.12. The number of nitrogens with zero attached hydrogens (tertiary/aromatic N) is 5. The van der Waals surface area contributed by atoms with Crippen LogP contribution in [0.25, 0.3) is 17.3 Å². The Morgan fingerprint density at radius 2 is 2.05 bits per heavy atom. The molecule has 1 aromatic carbocycles. The molecule has 0 aliphatic rings. The van der Waals surface area contributed by atoms with Gasteiger partial charge in [-0.25, -0.2) is 9.07 Å². The highest BCUT2D eigenvalue weighted by Crippen LogP contribution is 2.20. The van der Waals surface area contributed by atoms with Gasteiger partial charge in [0, 0.05) is 18.0 Å². The van der Waals surface area contributed by atoms with Gasteiger partial charge >= 0.3 is 0 Å². The maximum absolute atomic E-state index is 13.6. The summed E-state index contributed by atoms with van der Waals surface area (Å²) in [5, 5.41) is 4.05. The van der Waals surface area contributed by atoms with Gasteiger partial charge in [-0.1, -0.05) is 12.1 Å². The Morgan fingerprint density at radius 3 is 2.75 bits per heavy atom. The van der Waals surface area contributed by atoms with E-state index in [0.717, 1.165) is 0 Å². The molecule has 0 unspecified atom stereocenters. The highest BCUT2D eigenvalue weighted by atomic mass is 35.5. The van der Waals surface area contributed by atoms with Gasteiger partial charge in [-0.05, 0) is 36.2 Å². The zero-order valence-electron chi connectivity index (χ0n) is 10.5. The zero-order chi connectivity index (χ0) is 14.1. The number of halogens is 2. The molecule has 0 radical (unpaired) electrons. The molecular weight excluding hydrogens is 281 g/mol. The van der Waals surface area contributed by atoms with E-state index >= 15 is 0 Å². The van der Waals surface area contributed by atoms with E-state index in [9.17, 15) is 4.39 Å². The van der Waals surface area contributed by atoms with Gasteiger partial charge in [0.2, 0.25) is 5.28 Å². The Bertz CT molecular complexity index is 757. The first-order chi connectivity index (χ1) is 9.63. The van der Waals surface area contributed by atoms with Crippen LogP contribution < -0.4 is 0 Å². The van der Waals surface area contributed by atoms with E-state index in [-0.39, 0.29) is 17.0 Å². The molecule has 100 valence electrons. The van der Waals surface area contributed by atoms with E-state index in [2.05, 4.69) is 20.1 Å². The van der Waals surface area contributed by atoms with Gasteiger partial charge in [-0.2, -0.15) is 20.1 Å². The lowest BCUT2D eigenvalue weighted by molar-refractivity contribution is 0.619. The van der Waals surface area contributed by atoms with Crippen LogP contribution in [0.2, 0.25) is 5.28 Å². The summed E-state index contributed by atoms with van der Waals surface area (Å²) in [5.74, 6) is 0.264. The average molecular weight is 290 g/mol. The average Bonchev–Trinajstić information content (AvgIpc) is 2.95. The Morgan fingerprint density at radius 1 is 1.20 bits per heavy atom. The molecule has 5 nitrogen and oxygen atoms in total. The third kappa shape index (κ3) is 2.37. The number of hydrogen-bond acceptors (Lipinski definition) is 4. The first-order valence-corrected chi connectivity index (χ1v) is 6.19. The van der Waals surface area contributed by atoms with Gasteiger partial charge in [0.1, 0.15) is 5.82 Å². The number of rotatable bonds is 2. The smallest absolute Gasteiger partial charge is 0.207 e. The summed E-state index contributed by atoms with van der Waals surface area (Å²) in [5.41, 5.74) is 1.09. The van der Waals surface area contributed by atoms with Gasteiger partial charge in [0.25, 0.3) is 5.95 Å². The topological polar surface area (TPSA) is 56.5 Å². The third-order valence-corrected chi connectivity index (χ3v) is 2.90. The van der Waals surface area contributed by atoms with Crippen LogP contribution in [-0.4, -0.2) is 24.7 Å². The Labute approximate surface area is 119 Å². The fourth-order valence-electron chi connectivity index (χ4n) is 1.69. The summed E-state index contributed by atoms with van der Waals surface area (Å²) in [6.07, 6.45) is 3.29. The van der Waals surface area contributed by atoms with Crippen molar-refractivity contribution in [3.8, 4) is 17.3 Å². The van der Waals surface area contributed by atoms with Crippen LogP contribution in [0, 0.1) is 12.7 Å². The fourth-order valence-corrected chi connectivity index (χ4v) is 1.85. The minimum atomic E-state index is -0.320. The van der Waals surface area contributed by atoms with Gasteiger partial charge < -0.3 is 0 Å². The predicted octanol–water partition coefficient (Wildman–Crippen LogP) is 2.83. The molecule has 3 aromatic rings. The van der Waals surface area contributed by atoms with Crippen molar-refractivity contribution in [3.63, 3.8) is 0 Å². The van der Waals surface area contributed by atoms with Gasteiger partial charge in [-0.15, -0.1) is 0 Å². The zero-order valence-corrected chi connectivity index (χ0v) is 11.2. The largest absolute Gasteiger partial charge is 0.255 e. The van der Waals surface area contributed by atoms with Crippen molar-refractivity contribution >= 4 is 11.6 Å². The Hall–Kier alpha value is -2.34. The molecule has 0 N–H and O–H groups in total. The molecule has 0 saturated carbocycles. The molecule has 20 heavy (non-hydrogen) atoms. The van der Waals surface area contributed by atoms with E-state index in [1.54, 1.807) is 37.5 Å². The number of hydrogen-bond donors (Lipinski definition) is 0. The Kier molecular flexibility index (Phi) is 3.15. The predicted molar refractivity (Wildman–Crippen MR) is 72.1 cm³/mol. The molecule has 0 spiro atoms. The van der Waals surface area contributed by atoms with E-state index in [0.29, 0.717) is 17.0 Å². The highest BCUT2D eigenvalue weighted by Gasteiger charge is 2.10. The summed E-state index contributed by atoms with van der Waals surface area (Å²) in [7, 11) is 0. The van der Waals surface area contributed by atoms with E-state index in [4.69, 9.17) is 11.6 Å². The molecule has 0 fully saturated rings.